The molecule has 3 nitrogen and oxygen atoms in total. The van der Waals surface area contributed by atoms with E-state index in [0.29, 0.717) is 6.54 Å². The van der Waals surface area contributed by atoms with Crippen LogP contribution in [0.1, 0.15) is 13.8 Å². The quantitative estimate of drug-likeness (QED) is 0.406. The minimum Gasteiger partial charge on any atom is -0.355 e. The van der Waals surface area contributed by atoms with Gasteiger partial charge in [0.25, 0.3) is 0 Å². The predicted octanol–water partition coefficient (Wildman–Crippen LogP) is 0.255. The van der Waals surface area contributed by atoms with Gasteiger partial charge in [-0.05, 0) is 13.8 Å². The van der Waals surface area contributed by atoms with E-state index in [1.165, 1.54) is 0 Å². The van der Waals surface area contributed by atoms with Crippen LogP contribution in [0.25, 0.3) is 0 Å². The summed E-state index contributed by atoms with van der Waals surface area (Å²) in [5.74, 6) is 0.287. The molecule has 47 valence electrons. The van der Waals surface area contributed by atoms with Crippen LogP contribution < -0.4 is 11.1 Å². The Morgan fingerprint density at radius 1 is 1.62 bits per heavy atom. The summed E-state index contributed by atoms with van der Waals surface area (Å²) in [4.78, 5) is 3.79. The van der Waals surface area contributed by atoms with Crippen LogP contribution in [-0.2, 0) is 0 Å². The molecule has 3 heteroatoms. The van der Waals surface area contributed by atoms with Gasteiger partial charge in [-0.15, -0.1) is 0 Å². The van der Waals surface area contributed by atoms with Crippen molar-refractivity contribution in [2.45, 2.75) is 13.8 Å². The SMILES string of the molecule is CC/N=C(\[NH])NCC. The van der Waals surface area contributed by atoms with Gasteiger partial charge in [0.05, 0.1) is 0 Å². The molecule has 0 aliphatic carbocycles. The average Bonchev–Trinajstić information content (AvgIpc) is 1.68. The highest BCUT2D eigenvalue weighted by molar-refractivity contribution is 5.76. The third-order valence-corrected chi connectivity index (χ3v) is 0.660. The zero-order chi connectivity index (χ0) is 6.41. The lowest BCUT2D eigenvalue weighted by molar-refractivity contribution is 0.930. The van der Waals surface area contributed by atoms with E-state index in [4.69, 9.17) is 5.73 Å². The highest BCUT2D eigenvalue weighted by Gasteiger charge is 1.82. The standard InChI is InChI=1S/C5H12N3/c1-3-7-5(6)8-4-2/h6H,3-4H2,1-2H3,(H,7,8). The molecule has 0 spiro atoms. The van der Waals surface area contributed by atoms with Crippen molar-refractivity contribution in [1.82, 2.24) is 11.1 Å². The minimum atomic E-state index is 0.287. The lowest BCUT2D eigenvalue weighted by Crippen LogP contribution is -2.23. The lowest BCUT2D eigenvalue weighted by Gasteiger charge is -1.96. The van der Waals surface area contributed by atoms with Crippen molar-refractivity contribution in [2.75, 3.05) is 13.1 Å². The van der Waals surface area contributed by atoms with Gasteiger partial charge in [-0.2, -0.15) is 0 Å². The van der Waals surface area contributed by atoms with Gasteiger partial charge in [-0.3, -0.25) is 10.7 Å². The zero-order valence-corrected chi connectivity index (χ0v) is 5.36. The maximum Gasteiger partial charge on any atom is 0.210 e. The summed E-state index contributed by atoms with van der Waals surface area (Å²) in [6.45, 7) is 5.32. The largest absolute Gasteiger partial charge is 0.355 e. The first kappa shape index (κ1) is 7.27. The van der Waals surface area contributed by atoms with Crippen LogP contribution in [0.15, 0.2) is 4.99 Å². The Balaban J connectivity index is 3.29. The van der Waals surface area contributed by atoms with Gasteiger partial charge < -0.3 is 5.32 Å². The number of hydrogen-bond acceptors (Lipinski definition) is 1. The Hall–Kier alpha value is -0.730. The Morgan fingerprint density at radius 2 is 2.25 bits per heavy atom. The van der Waals surface area contributed by atoms with E-state index >= 15 is 0 Å². The molecule has 0 aromatic heterocycles. The monoisotopic (exact) mass is 114 g/mol. The third kappa shape index (κ3) is 3.46. The molecule has 0 fully saturated rings. The van der Waals surface area contributed by atoms with E-state index in [0.717, 1.165) is 6.54 Å². The number of nitrogens with one attached hydrogen (secondary N) is 2. The molecule has 0 amide bonds. The van der Waals surface area contributed by atoms with Crippen molar-refractivity contribution in [3.8, 4) is 0 Å². The third-order valence-electron chi connectivity index (χ3n) is 0.660. The molecular weight excluding hydrogens is 102 g/mol. The average molecular weight is 114 g/mol. The molecule has 0 aliphatic rings. The number of hydrogen-bond donors (Lipinski definition) is 1. The van der Waals surface area contributed by atoms with Crippen molar-refractivity contribution in [2.24, 2.45) is 4.99 Å². The van der Waals surface area contributed by atoms with Crippen LogP contribution in [-0.4, -0.2) is 19.0 Å². The maximum absolute atomic E-state index is 7.01. The van der Waals surface area contributed by atoms with E-state index in [1.807, 2.05) is 13.8 Å². The second-order valence-electron chi connectivity index (χ2n) is 1.35. The summed E-state index contributed by atoms with van der Waals surface area (Å²) in [6, 6.07) is 0. The Kier molecular flexibility index (Phi) is 4.03. The fraction of sp³-hybridized carbons (Fsp3) is 0.800. The van der Waals surface area contributed by atoms with Crippen LogP contribution in [0.2, 0.25) is 0 Å². The van der Waals surface area contributed by atoms with Crippen LogP contribution in [0.3, 0.4) is 0 Å². The highest BCUT2D eigenvalue weighted by atomic mass is 15.1. The highest BCUT2D eigenvalue weighted by Crippen LogP contribution is 1.65. The summed E-state index contributed by atoms with van der Waals surface area (Å²) in [5.41, 5.74) is 7.01. The molecule has 0 atom stereocenters. The van der Waals surface area contributed by atoms with Crippen molar-refractivity contribution in [3.63, 3.8) is 0 Å². The second kappa shape index (κ2) is 4.43. The molecule has 0 rings (SSSR count). The number of nitrogens with zero attached hydrogens (tertiary/aromatic N) is 1. The van der Waals surface area contributed by atoms with E-state index in [2.05, 4.69) is 10.3 Å². The van der Waals surface area contributed by atoms with Crippen LogP contribution in [0.4, 0.5) is 0 Å². The predicted molar refractivity (Wildman–Crippen MR) is 34.7 cm³/mol. The molecule has 2 N–H and O–H groups in total. The van der Waals surface area contributed by atoms with Crippen molar-refractivity contribution in [1.29, 1.82) is 0 Å². The van der Waals surface area contributed by atoms with Crippen LogP contribution in [0, 0.1) is 0 Å². The van der Waals surface area contributed by atoms with Gasteiger partial charge in [0.15, 0.2) is 0 Å². The first-order chi connectivity index (χ1) is 3.81. The molecule has 0 unspecified atom stereocenters. The lowest BCUT2D eigenvalue weighted by atomic mass is 10.7. The van der Waals surface area contributed by atoms with Crippen LogP contribution in [0.5, 0.6) is 0 Å². The Bertz CT molecular complexity index is 77.7. The summed E-state index contributed by atoms with van der Waals surface area (Å²) in [7, 11) is 0. The maximum atomic E-state index is 7.01. The number of aliphatic imine (C=N–C) groups is 1. The Morgan fingerprint density at radius 3 is 2.62 bits per heavy atom. The molecule has 8 heavy (non-hydrogen) atoms. The topological polar surface area (TPSA) is 48.2 Å². The van der Waals surface area contributed by atoms with Gasteiger partial charge in [0.2, 0.25) is 5.96 Å². The molecule has 0 aliphatic heterocycles. The van der Waals surface area contributed by atoms with Gasteiger partial charge >= 0.3 is 0 Å². The summed E-state index contributed by atoms with van der Waals surface area (Å²) >= 11 is 0. The summed E-state index contributed by atoms with van der Waals surface area (Å²) in [6.07, 6.45) is 0. The van der Waals surface area contributed by atoms with E-state index in [9.17, 15) is 0 Å². The fourth-order valence-electron chi connectivity index (χ4n) is 0.381. The molecule has 0 saturated carbocycles. The van der Waals surface area contributed by atoms with Gasteiger partial charge in [0.1, 0.15) is 0 Å². The molecule has 0 aromatic rings. The van der Waals surface area contributed by atoms with E-state index in [1.54, 1.807) is 0 Å². The van der Waals surface area contributed by atoms with Gasteiger partial charge in [0, 0.05) is 13.1 Å². The fourth-order valence-corrected chi connectivity index (χ4v) is 0.381. The first-order valence-corrected chi connectivity index (χ1v) is 2.81. The van der Waals surface area contributed by atoms with Gasteiger partial charge in [-0.25, -0.2) is 0 Å². The minimum absolute atomic E-state index is 0.287. The normalized spacial score (nSPS) is 11.5. The summed E-state index contributed by atoms with van der Waals surface area (Å²) in [5, 5.41) is 2.76. The molecule has 0 aromatic carbocycles. The van der Waals surface area contributed by atoms with Gasteiger partial charge in [-0.1, -0.05) is 0 Å². The smallest absolute Gasteiger partial charge is 0.210 e. The van der Waals surface area contributed by atoms with Crippen molar-refractivity contribution in [3.05, 3.63) is 0 Å². The first-order valence-electron chi connectivity index (χ1n) is 2.81. The van der Waals surface area contributed by atoms with Crippen LogP contribution >= 0.6 is 0 Å². The van der Waals surface area contributed by atoms with Crippen molar-refractivity contribution >= 4 is 5.96 Å². The van der Waals surface area contributed by atoms with E-state index < -0.39 is 0 Å². The molecule has 1 radical (unpaired) electrons. The Labute approximate surface area is 50.0 Å². The molecule has 0 bridgehead atoms. The number of guanidine groups is 1. The summed E-state index contributed by atoms with van der Waals surface area (Å²) < 4.78 is 0. The zero-order valence-electron chi connectivity index (χ0n) is 5.36. The molecule has 0 saturated heterocycles. The van der Waals surface area contributed by atoms with E-state index in [-0.39, 0.29) is 5.96 Å². The van der Waals surface area contributed by atoms with Crippen molar-refractivity contribution < 1.29 is 0 Å². The molecular formula is C5H12N3. The molecule has 0 heterocycles. The second-order valence-corrected chi connectivity index (χ2v) is 1.35. The number of rotatable bonds is 2.